The third-order valence-electron chi connectivity index (χ3n) is 4.72. The lowest BCUT2D eigenvalue weighted by Gasteiger charge is -2.22. The Labute approximate surface area is 188 Å². The Morgan fingerprint density at radius 1 is 1.21 bits per heavy atom. The van der Waals surface area contributed by atoms with Crippen molar-refractivity contribution in [3.05, 3.63) is 65.7 Å². The Kier molecular flexibility index (Phi) is 9.11. The van der Waals surface area contributed by atoms with E-state index in [9.17, 15) is 4.79 Å². The molecule has 1 aliphatic heterocycles. The molecule has 1 heterocycles. The zero-order valence-electron chi connectivity index (χ0n) is 16.0. The molecule has 3 N–H and O–H groups in total. The third-order valence-corrected chi connectivity index (χ3v) is 5.96. The molecule has 5 nitrogen and oxygen atoms in total. The minimum atomic E-state index is -0.401. The molecule has 1 aliphatic rings. The Morgan fingerprint density at radius 3 is 2.57 bits per heavy atom. The maximum atomic E-state index is 11.2. The second kappa shape index (κ2) is 11.3. The molecule has 7 heteroatoms. The molecule has 1 fully saturated rings. The van der Waals surface area contributed by atoms with E-state index in [1.807, 2.05) is 30.9 Å². The minimum Gasteiger partial charge on any atom is -0.366 e. The average molecular weight is 510 g/mol. The molecule has 0 radical (unpaired) electrons. The van der Waals surface area contributed by atoms with Gasteiger partial charge in [0.2, 0.25) is 5.91 Å². The van der Waals surface area contributed by atoms with Gasteiger partial charge in [-0.3, -0.25) is 9.79 Å². The highest BCUT2D eigenvalue weighted by Gasteiger charge is 2.24. The summed E-state index contributed by atoms with van der Waals surface area (Å²) in [6, 6.07) is 17.9. The van der Waals surface area contributed by atoms with Crippen LogP contribution in [0.5, 0.6) is 0 Å². The number of nitrogens with two attached hydrogens (primary N) is 1. The van der Waals surface area contributed by atoms with Gasteiger partial charge >= 0.3 is 0 Å². The highest BCUT2D eigenvalue weighted by molar-refractivity contribution is 14.0. The van der Waals surface area contributed by atoms with E-state index < -0.39 is 5.91 Å². The number of nitrogens with zero attached hydrogens (tertiary/aromatic N) is 2. The highest BCUT2D eigenvalue weighted by atomic mass is 127. The molecule has 2 aromatic carbocycles. The number of likely N-dealkylation sites (tertiary alicyclic amines) is 1. The molecule has 0 spiro atoms. The van der Waals surface area contributed by atoms with Crippen LogP contribution in [0.2, 0.25) is 0 Å². The van der Waals surface area contributed by atoms with Crippen LogP contribution in [0.4, 0.5) is 0 Å². The SMILES string of the molecule is CN=C(NCc1ccc(C(N)=O)cc1)N1CCC(CSc2ccccc2)C1.I. The van der Waals surface area contributed by atoms with Crippen molar-refractivity contribution in [2.45, 2.75) is 17.9 Å². The van der Waals surface area contributed by atoms with Crippen LogP contribution in [0.15, 0.2) is 64.5 Å². The van der Waals surface area contributed by atoms with E-state index in [2.05, 4.69) is 45.5 Å². The van der Waals surface area contributed by atoms with Crippen LogP contribution in [-0.4, -0.2) is 42.7 Å². The summed E-state index contributed by atoms with van der Waals surface area (Å²) < 4.78 is 0. The van der Waals surface area contributed by atoms with E-state index in [-0.39, 0.29) is 24.0 Å². The normalized spacial score (nSPS) is 16.5. The number of rotatable bonds is 6. The number of carbonyl (C=O) groups excluding carboxylic acids is 1. The first-order chi connectivity index (χ1) is 13.2. The molecule has 1 saturated heterocycles. The second-order valence-corrected chi connectivity index (χ2v) is 7.78. The van der Waals surface area contributed by atoms with Crippen LogP contribution in [0.1, 0.15) is 22.3 Å². The number of amides is 1. The highest BCUT2D eigenvalue weighted by Crippen LogP contribution is 2.25. The molecule has 150 valence electrons. The fourth-order valence-electron chi connectivity index (χ4n) is 3.19. The fraction of sp³-hybridized carbons (Fsp3) is 0.333. The molecular weight excluding hydrogens is 483 g/mol. The van der Waals surface area contributed by atoms with Crippen molar-refractivity contribution >= 4 is 47.6 Å². The van der Waals surface area contributed by atoms with Gasteiger partial charge in [0.25, 0.3) is 0 Å². The van der Waals surface area contributed by atoms with Crippen molar-refractivity contribution in [3.8, 4) is 0 Å². The van der Waals surface area contributed by atoms with Gasteiger partial charge in [-0.2, -0.15) is 0 Å². The summed E-state index contributed by atoms with van der Waals surface area (Å²) in [5.74, 6) is 2.33. The quantitative estimate of drug-likeness (QED) is 0.270. The number of benzene rings is 2. The van der Waals surface area contributed by atoms with E-state index in [1.54, 1.807) is 12.1 Å². The van der Waals surface area contributed by atoms with E-state index in [0.29, 0.717) is 18.0 Å². The number of guanidine groups is 1. The van der Waals surface area contributed by atoms with Crippen molar-refractivity contribution in [2.75, 3.05) is 25.9 Å². The average Bonchev–Trinajstić information content (AvgIpc) is 3.17. The number of carbonyl (C=O) groups is 1. The molecule has 1 amide bonds. The van der Waals surface area contributed by atoms with Crippen LogP contribution in [0.25, 0.3) is 0 Å². The lowest BCUT2D eigenvalue weighted by atomic mass is 10.1. The number of hydrogen-bond donors (Lipinski definition) is 2. The molecule has 1 atom stereocenters. The minimum absolute atomic E-state index is 0. The summed E-state index contributed by atoms with van der Waals surface area (Å²) >= 11 is 1.93. The molecule has 2 aromatic rings. The van der Waals surface area contributed by atoms with Gasteiger partial charge in [-0.1, -0.05) is 30.3 Å². The van der Waals surface area contributed by atoms with Gasteiger partial charge in [-0.25, -0.2) is 0 Å². The molecule has 0 bridgehead atoms. The van der Waals surface area contributed by atoms with Crippen LogP contribution in [0.3, 0.4) is 0 Å². The van der Waals surface area contributed by atoms with Crippen LogP contribution in [-0.2, 0) is 6.54 Å². The first kappa shape index (κ1) is 22.5. The van der Waals surface area contributed by atoms with Crippen molar-refractivity contribution in [1.29, 1.82) is 0 Å². The lowest BCUT2D eigenvalue weighted by molar-refractivity contribution is 0.100. The standard InChI is InChI=1S/C21H26N4OS.HI/c1-23-21(24-13-16-7-9-18(10-8-16)20(22)26)25-12-11-17(14-25)15-27-19-5-3-2-4-6-19;/h2-10,17H,11-15H2,1H3,(H2,22,26)(H,23,24);1H. The van der Waals surface area contributed by atoms with Crippen LogP contribution < -0.4 is 11.1 Å². The topological polar surface area (TPSA) is 70.7 Å². The van der Waals surface area contributed by atoms with Crippen molar-refractivity contribution < 1.29 is 4.79 Å². The zero-order chi connectivity index (χ0) is 19.1. The number of hydrogen-bond acceptors (Lipinski definition) is 3. The Morgan fingerprint density at radius 2 is 1.93 bits per heavy atom. The maximum absolute atomic E-state index is 11.2. The molecular formula is C21H27IN4OS. The van der Waals surface area contributed by atoms with Gasteiger partial charge in [-0.05, 0) is 42.2 Å². The van der Waals surface area contributed by atoms with Gasteiger partial charge in [-0.15, -0.1) is 35.7 Å². The summed E-state index contributed by atoms with van der Waals surface area (Å²) in [6.45, 7) is 2.73. The monoisotopic (exact) mass is 510 g/mol. The largest absolute Gasteiger partial charge is 0.366 e. The van der Waals surface area contributed by atoms with Gasteiger partial charge < -0.3 is 16.0 Å². The number of thioether (sulfide) groups is 1. The summed E-state index contributed by atoms with van der Waals surface area (Å²) in [6.07, 6.45) is 1.19. The van der Waals surface area contributed by atoms with Crippen molar-refractivity contribution in [1.82, 2.24) is 10.2 Å². The molecule has 0 aromatic heterocycles. The molecule has 28 heavy (non-hydrogen) atoms. The summed E-state index contributed by atoms with van der Waals surface area (Å²) in [7, 11) is 1.82. The van der Waals surface area contributed by atoms with E-state index in [1.165, 1.54) is 11.3 Å². The Balaban J connectivity index is 0.00000280. The Bertz CT molecular complexity index is 783. The lowest BCUT2D eigenvalue weighted by Crippen LogP contribution is -2.39. The van der Waals surface area contributed by atoms with Crippen molar-refractivity contribution in [2.24, 2.45) is 16.6 Å². The predicted molar refractivity (Wildman–Crippen MR) is 127 cm³/mol. The van der Waals surface area contributed by atoms with Gasteiger partial charge in [0.1, 0.15) is 0 Å². The summed E-state index contributed by atoms with van der Waals surface area (Å²) in [5, 5.41) is 3.42. The third kappa shape index (κ3) is 6.41. The second-order valence-electron chi connectivity index (χ2n) is 6.69. The zero-order valence-corrected chi connectivity index (χ0v) is 19.2. The first-order valence-electron chi connectivity index (χ1n) is 9.18. The van der Waals surface area contributed by atoms with E-state index in [0.717, 1.165) is 30.4 Å². The number of primary amides is 1. The Hall–Kier alpha value is -1.74. The van der Waals surface area contributed by atoms with Crippen molar-refractivity contribution in [3.63, 3.8) is 0 Å². The molecule has 1 unspecified atom stereocenters. The van der Waals surface area contributed by atoms with Crippen LogP contribution >= 0.6 is 35.7 Å². The number of aliphatic imine (C=N–C) groups is 1. The molecule has 0 aliphatic carbocycles. The number of nitrogens with one attached hydrogen (secondary N) is 1. The predicted octanol–water partition coefficient (Wildman–Crippen LogP) is 3.59. The molecule has 0 saturated carbocycles. The van der Waals surface area contributed by atoms with Crippen LogP contribution in [0, 0.1) is 5.92 Å². The number of halogens is 1. The van der Waals surface area contributed by atoms with E-state index >= 15 is 0 Å². The van der Waals surface area contributed by atoms with E-state index in [4.69, 9.17) is 5.73 Å². The van der Waals surface area contributed by atoms with Gasteiger partial charge in [0.05, 0.1) is 0 Å². The van der Waals surface area contributed by atoms with Gasteiger partial charge in [0, 0.05) is 42.9 Å². The maximum Gasteiger partial charge on any atom is 0.248 e. The molecule has 3 rings (SSSR count). The van der Waals surface area contributed by atoms with Gasteiger partial charge in [0.15, 0.2) is 5.96 Å². The fourth-order valence-corrected chi connectivity index (χ4v) is 4.24. The summed E-state index contributed by atoms with van der Waals surface area (Å²) in [4.78, 5) is 19.2. The summed E-state index contributed by atoms with van der Waals surface area (Å²) in [5.41, 5.74) is 6.91. The smallest absolute Gasteiger partial charge is 0.248 e. The first-order valence-corrected chi connectivity index (χ1v) is 10.2.